The molecule has 0 saturated carbocycles. The lowest BCUT2D eigenvalue weighted by molar-refractivity contribution is 0.0952. The molecular formula is C21H20BrN3O4. The molecule has 0 spiro atoms. The fourth-order valence-electron chi connectivity index (χ4n) is 3.05. The van der Waals surface area contributed by atoms with E-state index < -0.39 is 0 Å². The molecule has 0 atom stereocenters. The molecule has 29 heavy (non-hydrogen) atoms. The monoisotopic (exact) mass is 457 g/mol. The normalized spacial score (nSPS) is 10.4. The van der Waals surface area contributed by atoms with Crippen molar-refractivity contribution in [2.75, 3.05) is 20.8 Å². The van der Waals surface area contributed by atoms with E-state index in [-0.39, 0.29) is 17.0 Å². The number of ether oxygens (including phenoxy) is 2. The van der Waals surface area contributed by atoms with Crippen LogP contribution in [0.4, 0.5) is 0 Å². The molecule has 1 aromatic carbocycles. The number of nitriles is 1. The van der Waals surface area contributed by atoms with Gasteiger partial charge in [0, 0.05) is 23.4 Å². The Bertz CT molecular complexity index is 1060. The number of amides is 1. The second kappa shape index (κ2) is 8.88. The van der Waals surface area contributed by atoms with Gasteiger partial charge in [0.2, 0.25) is 5.88 Å². The van der Waals surface area contributed by atoms with Gasteiger partial charge in [-0.3, -0.25) is 9.36 Å². The number of hydrogen-bond donors (Lipinski definition) is 1. The molecule has 0 aliphatic carbocycles. The number of hydrogen-bond acceptors (Lipinski definition) is 5. The summed E-state index contributed by atoms with van der Waals surface area (Å²) in [6.07, 6.45) is 4.08. The third-order valence-corrected chi connectivity index (χ3v) is 5.21. The van der Waals surface area contributed by atoms with Gasteiger partial charge in [0.15, 0.2) is 11.5 Å². The zero-order chi connectivity index (χ0) is 21.0. The van der Waals surface area contributed by atoms with Crippen molar-refractivity contribution in [1.29, 1.82) is 5.26 Å². The summed E-state index contributed by atoms with van der Waals surface area (Å²) >= 11 is 3.51. The summed E-state index contributed by atoms with van der Waals surface area (Å²) in [5.41, 5.74) is 1.42. The Morgan fingerprint density at radius 3 is 2.52 bits per heavy atom. The summed E-state index contributed by atoms with van der Waals surface area (Å²) in [7, 11) is 3.15. The van der Waals surface area contributed by atoms with Gasteiger partial charge in [0.05, 0.1) is 14.2 Å². The fraction of sp³-hybridized carbons (Fsp3) is 0.238. The van der Waals surface area contributed by atoms with Gasteiger partial charge in [-0.25, -0.2) is 0 Å². The van der Waals surface area contributed by atoms with Crippen LogP contribution in [0.1, 0.15) is 27.2 Å². The minimum Gasteiger partial charge on any atom is -0.493 e. The number of benzene rings is 1. The molecule has 2 heterocycles. The molecule has 0 saturated heterocycles. The van der Waals surface area contributed by atoms with Crippen molar-refractivity contribution >= 4 is 21.8 Å². The molecule has 0 aliphatic rings. The second-order valence-electron chi connectivity index (χ2n) is 6.22. The van der Waals surface area contributed by atoms with Crippen molar-refractivity contribution in [3.63, 3.8) is 0 Å². The first kappa shape index (κ1) is 20.6. The summed E-state index contributed by atoms with van der Waals surface area (Å²) in [6.45, 7) is 2.05. The van der Waals surface area contributed by atoms with E-state index in [1.165, 1.54) is 0 Å². The number of nitrogens with one attached hydrogen (secondary N) is 1. The summed E-state index contributed by atoms with van der Waals surface area (Å²) in [4.78, 5) is 12.7. The number of nitrogens with zero attached hydrogens (tertiary/aromatic N) is 2. The third kappa shape index (κ3) is 4.15. The minimum atomic E-state index is -0.349. The van der Waals surface area contributed by atoms with E-state index in [9.17, 15) is 10.1 Å². The minimum absolute atomic E-state index is 0.212. The maximum Gasteiger partial charge on any atom is 0.256 e. The molecule has 7 nitrogen and oxygen atoms in total. The Balaban J connectivity index is 1.75. The van der Waals surface area contributed by atoms with Crippen LogP contribution < -0.4 is 14.8 Å². The van der Waals surface area contributed by atoms with Crippen molar-refractivity contribution in [3.8, 4) is 23.5 Å². The highest BCUT2D eigenvalue weighted by molar-refractivity contribution is 9.10. The molecule has 0 bridgehead atoms. The average Bonchev–Trinajstić information content (AvgIpc) is 3.35. The summed E-state index contributed by atoms with van der Waals surface area (Å²) in [5, 5.41) is 12.4. The van der Waals surface area contributed by atoms with Gasteiger partial charge >= 0.3 is 0 Å². The van der Waals surface area contributed by atoms with Crippen LogP contribution in [0.25, 0.3) is 5.88 Å². The summed E-state index contributed by atoms with van der Waals surface area (Å²) in [5.74, 6) is 1.62. The first-order chi connectivity index (χ1) is 14.0. The molecule has 150 valence electrons. The lowest BCUT2D eigenvalue weighted by Crippen LogP contribution is -2.26. The lowest BCUT2D eigenvalue weighted by Gasteiger charge is -2.12. The van der Waals surface area contributed by atoms with Gasteiger partial charge in [-0.15, -0.1) is 0 Å². The van der Waals surface area contributed by atoms with Crippen molar-refractivity contribution in [2.24, 2.45) is 0 Å². The number of aryl methyl sites for hydroxylation is 1. The van der Waals surface area contributed by atoms with Gasteiger partial charge < -0.3 is 19.2 Å². The van der Waals surface area contributed by atoms with Gasteiger partial charge in [0.1, 0.15) is 23.0 Å². The van der Waals surface area contributed by atoms with E-state index >= 15 is 0 Å². The van der Waals surface area contributed by atoms with E-state index in [0.717, 1.165) is 10.0 Å². The highest BCUT2D eigenvalue weighted by atomic mass is 79.9. The van der Waals surface area contributed by atoms with E-state index in [0.29, 0.717) is 36.1 Å². The predicted octanol–water partition coefficient (Wildman–Crippen LogP) is 4.00. The van der Waals surface area contributed by atoms with Gasteiger partial charge in [-0.1, -0.05) is 15.9 Å². The van der Waals surface area contributed by atoms with E-state index in [4.69, 9.17) is 13.9 Å². The molecule has 0 unspecified atom stereocenters. The molecule has 0 aliphatic heterocycles. The molecule has 3 rings (SSSR count). The number of rotatable bonds is 7. The SMILES string of the molecule is COc1cc(Br)c(CCNC(=O)c2c(C)oc(-n3cccc3)c2C#N)cc1OC. The maximum absolute atomic E-state index is 12.7. The zero-order valence-electron chi connectivity index (χ0n) is 16.3. The smallest absolute Gasteiger partial charge is 0.256 e. The van der Waals surface area contributed by atoms with Crippen LogP contribution in [-0.4, -0.2) is 31.2 Å². The summed E-state index contributed by atoms with van der Waals surface area (Å²) < 4.78 is 18.8. The first-order valence-electron chi connectivity index (χ1n) is 8.85. The number of halogens is 1. The van der Waals surface area contributed by atoms with E-state index in [1.54, 1.807) is 38.1 Å². The zero-order valence-corrected chi connectivity index (χ0v) is 17.9. The van der Waals surface area contributed by atoms with Crippen LogP contribution in [0.2, 0.25) is 0 Å². The highest BCUT2D eigenvalue weighted by Crippen LogP contribution is 2.33. The number of furan rings is 1. The topological polar surface area (TPSA) is 89.4 Å². The van der Waals surface area contributed by atoms with Crippen molar-refractivity contribution < 1.29 is 18.7 Å². The van der Waals surface area contributed by atoms with E-state index in [2.05, 4.69) is 27.3 Å². The van der Waals surface area contributed by atoms with Crippen LogP contribution in [-0.2, 0) is 6.42 Å². The molecule has 1 amide bonds. The Kier molecular flexibility index (Phi) is 6.29. The number of methoxy groups -OCH3 is 2. The van der Waals surface area contributed by atoms with Crippen molar-refractivity contribution in [3.05, 3.63) is 63.6 Å². The molecule has 8 heteroatoms. The Hall–Kier alpha value is -3.18. The molecule has 0 fully saturated rings. The average molecular weight is 458 g/mol. The van der Waals surface area contributed by atoms with Crippen LogP contribution in [0.15, 0.2) is 45.5 Å². The largest absolute Gasteiger partial charge is 0.493 e. The van der Waals surface area contributed by atoms with Gasteiger partial charge in [0.25, 0.3) is 5.91 Å². The Morgan fingerprint density at radius 1 is 1.24 bits per heavy atom. The molecular weight excluding hydrogens is 438 g/mol. The number of carbonyl (C=O) groups excluding carboxylic acids is 1. The molecule has 3 aromatic rings. The lowest BCUT2D eigenvalue weighted by atomic mass is 10.1. The molecule has 2 aromatic heterocycles. The van der Waals surface area contributed by atoms with Gasteiger partial charge in [-0.2, -0.15) is 5.26 Å². The first-order valence-corrected chi connectivity index (χ1v) is 9.64. The Labute approximate surface area is 177 Å². The molecule has 1 N–H and O–H groups in total. The number of aromatic nitrogens is 1. The van der Waals surface area contributed by atoms with Gasteiger partial charge in [-0.05, 0) is 43.2 Å². The highest BCUT2D eigenvalue weighted by Gasteiger charge is 2.24. The third-order valence-electron chi connectivity index (χ3n) is 4.48. The van der Waals surface area contributed by atoms with E-state index in [1.807, 2.05) is 24.3 Å². The quantitative estimate of drug-likeness (QED) is 0.578. The second-order valence-corrected chi connectivity index (χ2v) is 7.07. The predicted molar refractivity (Wildman–Crippen MR) is 111 cm³/mol. The maximum atomic E-state index is 12.7. The van der Waals surface area contributed by atoms with Crippen molar-refractivity contribution in [2.45, 2.75) is 13.3 Å². The van der Waals surface area contributed by atoms with Crippen LogP contribution in [0, 0.1) is 18.3 Å². The number of carbonyl (C=O) groups is 1. The van der Waals surface area contributed by atoms with Crippen LogP contribution in [0.5, 0.6) is 11.5 Å². The summed E-state index contributed by atoms with van der Waals surface area (Å²) in [6, 6.07) is 9.42. The molecule has 0 radical (unpaired) electrons. The fourth-order valence-corrected chi connectivity index (χ4v) is 3.57. The standard InChI is InChI=1S/C21H20BrN3O4/c1-13-19(15(12-23)21(29-13)25-8-4-5-9-25)20(26)24-7-6-14-10-17(27-2)18(28-3)11-16(14)22/h4-5,8-11H,6-7H2,1-3H3,(H,24,26). The van der Waals surface area contributed by atoms with Crippen molar-refractivity contribution in [1.82, 2.24) is 9.88 Å². The Morgan fingerprint density at radius 2 is 1.90 bits per heavy atom. The van der Waals surface area contributed by atoms with Crippen LogP contribution in [0.3, 0.4) is 0 Å². The van der Waals surface area contributed by atoms with Crippen LogP contribution >= 0.6 is 15.9 Å².